The van der Waals surface area contributed by atoms with E-state index in [1.54, 1.807) is 12.3 Å². The number of nitrogens with zero attached hydrogens (tertiary/aromatic N) is 4. The van der Waals surface area contributed by atoms with E-state index in [1.165, 1.54) is 6.42 Å². The number of piperidine rings is 1. The first kappa shape index (κ1) is 17.4. The SMILES string of the molecule is CC(C)N(Cc1ccccc1)C(=O)c1ccnc(N2CCCCC2)n1. The van der Waals surface area contributed by atoms with Gasteiger partial charge in [-0.25, -0.2) is 9.97 Å². The quantitative estimate of drug-likeness (QED) is 0.837. The summed E-state index contributed by atoms with van der Waals surface area (Å²) in [7, 11) is 0. The van der Waals surface area contributed by atoms with Crippen molar-refractivity contribution in [1.82, 2.24) is 14.9 Å². The van der Waals surface area contributed by atoms with E-state index in [2.05, 4.69) is 14.9 Å². The van der Waals surface area contributed by atoms with Gasteiger partial charge in [0.05, 0.1) is 0 Å². The van der Waals surface area contributed by atoms with Crippen LogP contribution in [-0.4, -0.2) is 39.9 Å². The lowest BCUT2D eigenvalue weighted by Gasteiger charge is -2.28. The topological polar surface area (TPSA) is 49.3 Å². The number of hydrogen-bond acceptors (Lipinski definition) is 4. The molecule has 5 heteroatoms. The summed E-state index contributed by atoms with van der Waals surface area (Å²) in [4.78, 5) is 26.0. The van der Waals surface area contributed by atoms with E-state index in [0.717, 1.165) is 31.5 Å². The van der Waals surface area contributed by atoms with Gasteiger partial charge in [-0.3, -0.25) is 4.79 Å². The van der Waals surface area contributed by atoms with Crippen molar-refractivity contribution in [3.05, 3.63) is 53.9 Å². The van der Waals surface area contributed by atoms with Gasteiger partial charge in [0.2, 0.25) is 5.95 Å². The van der Waals surface area contributed by atoms with Gasteiger partial charge in [0.1, 0.15) is 5.69 Å². The second kappa shape index (κ2) is 8.10. The summed E-state index contributed by atoms with van der Waals surface area (Å²) in [5, 5.41) is 0. The van der Waals surface area contributed by atoms with Crippen molar-refractivity contribution in [1.29, 1.82) is 0 Å². The van der Waals surface area contributed by atoms with Crippen molar-refractivity contribution in [3.63, 3.8) is 0 Å². The molecule has 1 aliphatic rings. The van der Waals surface area contributed by atoms with Crippen LogP contribution < -0.4 is 4.90 Å². The van der Waals surface area contributed by atoms with Crippen LogP contribution in [0.15, 0.2) is 42.6 Å². The van der Waals surface area contributed by atoms with Crippen LogP contribution in [0.4, 0.5) is 5.95 Å². The third kappa shape index (κ3) is 4.35. The van der Waals surface area contributed by atoms with Gasteiger partial charge in [-0.2, -0.15) is 0 Å². The zero-order valence-electron chi connectivity index (χ0n) is 15.1. The highest BCUT2D eigenvalue weighted by Crippen LogP contribution is 2.17. The monoisotopic (exact) mass is 338 g/mol. The number of benzene rings is 1. The summed E-state index contributed by atoms with van der Waals surface area (Å²) in [6, 6.07) is 11.9. The first-order valence-electron chi connectivity index (χ1n) is 9.08. The molecule has 0 aliphatic carbocycles. The van der Waals surface area contributed by atoms with Crippen molar-refractivity contribution < 1.29 is 4.79 Å². The van der Waals surface area contributed by atoms with E-state index in [0.29, 0.717) is 18.2 Å². The van der Waals surface area contributed by atoms with Crippen LogP contribution in [0.5, 0.6) is 0 Å². The molecule has 1 aromatic carbocycles. The molecule has 3 rings (SSSR count). The molecular formula is C20H26N4O. The Labute approximate surface area is 149 Å². The molecule has 2 aromatic rings. The summed E-state index contributed by atoms with van der Waals surface area (Å²) < 4.78 is 0. The fraction of sp³-hybridized carbons (Fsp3) is 0.450. The highest BCUT2D eigenvalue weighted by Gasteiger charge is 2.22. The van der Waals surface area contributed by atoms with Crippen LogP contribution >= 0.6 is 0 Å². The van der Waals surface area contributed by atoms with Crippen molar-refractivity contribution in [2.24, 2.45) is 0 Å². The van der Waals surface area contributed by atoms with Crippen LogP contribution in [0.2, 0.25) is 0 Å². The molecule has 5 nitrogen and oxygen atoms in total. The molecule has 0 atom stereocenters. The van der Waals surface area contributed by atoms with Crippen molar-refractivity contribution >= 4 is 11.9 Å². The molecule has 0 radical (unpaired) electrons. The molecule has 0 bridgehead atoms. The Morgan fingerprint density at radius 2 is 1.84 bits per heavy atom. The van der Waals surface area contributed by atoms with Gasteiger partial charge in [0.25, 0.3) is 5.91 Å². The maximum absolute atomic E-state index is 13.0. The predicted molar refractivity (Wildman–Crippen MR) is 99.5 cm³/mol. The third-order valence-corrected chi connectivity index (χ3v) is 4.58. The van der Waals surface area contributed by atoms with E-state index in [-0.39, 0.29) is 11.9 Å². The van der Waals surface area contributed by atoms with Gasteiger partial charge in [0, 0.05) is 31.9 Å². The minimum atomic E-state index is -0.0421. The Morgan fingerprint density at radius 3 is 2.52 bits per heavy atom. The van der Waals surface area contributed by atoms with E-state index in [4.69, 9.17) is 0 Å². The highest BCUT2D eigenvalue weighted by atomic mass is 16.2. The minimum absolute atomic E-state index is 0.0421. The van der Waals surface area contributed by atoms with Crippen LogP contribution in [0.25, 0.3) is 0 Å². The molecule has 1 amide bonds. The van der Waals surface area contributed by atoms with Crippen molar-refractivity contribution in [2.75, 3.05) is 18.0 Å². The fourth-order valence-electron chi connectivity index (χ4n) is 3.13. The second-order valence-corrected chi connectivity index (χ2v) is 6.80. The average molecular weight is 338 g/mol. The molecule has 0 N–H and O–H groups in total. The molecule has 0 unspecified atom stereocenters. The van der Waals surface area contributed by atoms with Gasteiger partial charge in [-0.05, 0) is 44.7 Å². The molecule has 1 saturated heterocycles. The van der Waals surface area contributed by atoms with Gasteiger partial charge in [-0.1, -0.05) is 30.3 Å². The largest absolute Gasteiger partial charge is 0.341 e. The Kier molecular flexibility index (Phi) is 5.64. The molecule has 0 spiro atoms. The summed E-state index contributed by atoms with van der Waals surface area (Å²) in [6.45, 7) is 6.59. The van der Waals surface area contributed by atoms with Gasteiger partial charge >= 0.3 is 0 Å². The second-order valence-electron chi connectivity index (χ2n) is 6.80. The smallest absolute Gasteiger partial charge is 0.273 e. The molecule has 0 saturated carbocycles. The Bertz CT molecular complexity index is 696. The maximum Gasteiger partial charge on any atom is 0.273 e. The lowest BCUT2D eigenvalue weighted by atomic mass is 10.1. The Hall–Kier alpha value is -2.43. The number of amides is 1. The first-order valence-corrected chi connectivity index (χ1v) is 9.08. The molecule has 132 valence electrons. The zero-order valence-corrected chi connectivity index (χ0v) is 15.1. The summed E-state index contributed by atoms with van der Waals surface area (Å²) >= 11 is 0. The molecule has 2 heterocycles. The normalized spacial score (nSPS) is 14.6. The Balaban J connectivity index is 1.79. The zero-order chi connectivity index (χ0) is 17.6. The molecule has 1 fully saturated rings. The first-order chi connectivity index (χ1) is 12.1. The predicted octanol–water partition coefficient (Wildman–Crippen LogP) is 3.52. The fourth-order valence-corrected chi connectivity index (χ4v) is 3.13. The van der Waals surface area contributed by atoms with Gasteiger partial charge in [0.15, 0.2) is 0 Å². The molecular weight excluding hydrogens is 312 g/mol. The molecule has 1 aromatic heterocycles. The number of rotatable bonds is 5. The van der Waals surface area contributed by atoms with Crippen LogP contribution in [0, 0.1) is 0 Å². The number of hydrogen-bond donors (Lipinski definition) is 0. The summed E-state index contributed by atoms with van der Waals surface area (Å²) in [5.41, 5.74) is 1.59. The average Bonchev–Trinajstić information content (AvgIpc) is 2.67. The number of anilines is 1. The van der Waals surface area contributed by atoms with E-state index in [9.17, 15) is 4.79 Å². The van der Waals surface area contributed by atoms with Crippen molar-refractivity contribution in [2.45, 2.75) is 45.7 Å². The summed E-state index contributed by atoms with van der Waals surface area (Å²) in [5.74, 6) is 0.633. The van der Waals surface area contributed by atoms with Gasteiger partial charge in [-0.15, -0.1) is 0 Å². The van der Waals surface area contributed by atoms with Crippen LogP contribution in [0.3, 0.4) is 0 Å². The van der Waals surface area contributed by atoms with Gasteiger partial charge < -0.3 is 9.80 Å². The summed E-state index contributed by atoms with van der Waals surface area (Å²) in [6.07, 6.45) is 5.28. The van der Waals surface area contributed by atoms with Crippen LogP contribution in [-0.2, 0) is 6.54 Å². The number of carbonyl (C=O) groups is 1. The van der Waals surface area contributed by atoms with Crippen LogP contribution in [0.1, 0.15) is 49.2 Å². The maximum atomic E-state index is 13.0. The Morgan fingerprint density at radius 1 is 1.12 bits per heavy atom. The standard InChI is InChI=1S/C20H26N4O/c1-16(2)24(15-17-9-5-3-6-10-17)19(25)18-11-12-21-20(22-18)23-13-7-4-8-14-23/h3,5-6,9-12,16H,4,7-8,13-15H2,1-2H3. The van der Waals surface area contributed by atoms with E-state index < -0.39 is 0 Å². The van der Waals surface area contributed by atoms with E-state index in [1.807, 2.05) is 49.1 Å². The highest BCUT2D eigenvalue weighted by molar-refractivity contribution is 5.92. The minimum Gasteiger partial charge on any atom is -0.341 e. The van der Waals surface area contributed by atoms with Crippen molar-refractivity contribution in [3.8, 4) is 0 Å². The number of aromatic nitrogens is 2. The lowest BCUT2D eigenvalue weighted by molar-refractivity contribution is 0.0684. The van der Waals surface area contributed by atoms with E-state index >= 15 is 0 Å². The lowest BCUT2D eigenvalue weighted by Crippen LogP contribution is -2.37. The molecule has 25 heavy (non-hydrogen) atoms. The number of carbonyl (C=O) groups excluding carboxylic acids is 1. The third-order valence-electron chi connectivity index (χ3n) is 4.58. The molecule has 1 aliphatic heterocycles.